The molecule has 3 aromatic rings. The molecule has 0 unspecified atom stereocenters. The summed E-state index contributed by atoms with van der Waals surface area (Å²) in [6, 6.07) is 5.30. The smallest absolute Gasteiger partial charge is 0.416 e. The molecule has 0 spiro atoms. The molecule has 3 atom stereocenters. The van der Waals surface area contributed by atoms with Crippen molar-refractivity contribution in [3.63, 3.8) is 0 Å². The normalized spacial score (nSPS) is 18.0. The Kier molecular flexibility index (Phi) is 6.03. The molecule has 0 bridgehead atoms. The largest absolute Gasteiger partial charge is 0.447 e. The van der Waals surface area contributed by atoms with Crippen LogP contribution in [0.2, 0.25) is 5.02 Å². The third kappa shape index (κ3) is 4.46. The second-order valence-corrected chi connectivity index (χ2v) is 8.36. The van der Waals surface area contributed by atoms with Crippen molar-refractivity contribution < 1.29 is 19.0 Å². The van der Waals surface area contributed by atoms with Gasteiger partial charge in [-0.05, 0) is 38.1 Å². The highest BCUT2D eigenvalue weighted by Crippen LogP contribution is 2.30. The lowest BCUT2D eigenvalue weighted by atomic mass is 10.2. The number of cyclic esters (lactones) is 1. The predicted molar refractivity (Wildman–Crippen MR) is 116 cm³/mol. The maximum atomic E-state index is 13.4. The van der Waals surface area contributed by atoms with E-state index in [-0.39, 0.29) is 17.7 Å². The van der Waals surface area contributed by atoms with Crippen molar-refractivity contribution in [3.05, 3.63) is 51.7 Å². The molecule has 1 amide bonds. The van der Waals surface area contributed by atoms with E-state index in [9.17, 15) is 14.3 Å². The SMILES string of the molecule is C[C@H](Nc1nccc(N2C(=O)OC[C@@H]2[C@@H](C)O)n1)c1nc(-c2ccc(F)c(Cl)c2)cs1. The van der Waals surface area contributed by atoms with E-state index in [4.69, 9.17) is 16.3 Å². The number of ether oxygens (including phenoxy) is 1. The van der Waals surface area contributed by atoms with E-state index in [0.29, 0.717) is 17.5 Å². The number of carbonyl (C=O) groups excluding carboxylic acids is 1. The first-order valence-electron chi connectivity index (χ1n) is 9.48. The first kappa shape index (κ1) is 21.4. The predicted octanol–water partition coefficient (Wildman–Crippen LogP) is 4.27. The van der Waals surface area contributed by atoms with Crippen LogP contribution in [0.3, 0.4) is 0 Å². The summed E-state index contributed by atoms with van der Waals surface area (Å²) in [5, 5.41) is 15.8. The molecular weight excluding hydrogens is 445 g/mol. The van der Waals surface area contributed by atoms with Crippen LogP contribution >= 0.6 is 22.9 Å². The zero-order valence-corrected chi connectivity index (χ0v) is 18.2. The van der Waals surface area contributed by atoms with Gasteiger partial charge in [-0.2, -0.15) is 4.98 Å². The fraction of sp³-hybridized carbons (Fsp3) is 0.300. The van der Waals surface area contributed by atoms with E-state index in [2.05, 4.69) is 20.3 Å². The number of aromatic nitrogens is 3. The number of aliphatic hydroxyl groups is 1. The Bertz CT molecular complexity index is 1110. The third-order valence-electron chi connectivity index (χ3n) is 4.80. The van der Waals surface area contributed by atoms with E-state index in [0.717, 1.165) is 10.6 Å². The molecule has 3 heterocycles. The Balaban J connectivity index is 1.51. The van der Waals surface area contributed by atoms with Crippen LogP contribution in [0.1, 0.15) is 24.9 Å². The van der Waals surface area contributed by atoms with Crippen LogP contribution in [0.15, 0.2) is 35.8 Å². The lowest BCUT2D eigenvalue weighted by Crippen LogP contribution is -2.41. The van der Waals surface area contributed by atoms with Crippen LogP contribution < -0.4 is 10.2 Å². The quantitative estimate of drug-likeness (QED) is 0.563. The van der Waals surface area contributed by atoms with Gasteiger partial charge in [0.2, 0.25) is 5.95 Å². The van der Waals surface area contributed by atoms with Gasteiger partial charge in [0.1, 0.15) is 29.3 Å². The van der Waals surface area contributed by atoms with Crippen LogP contribution in [-0.4, -0.2) is 44.9 Å². The molecule has 1 aliphatic heterocycles. The second-order valence-electron chi connectivity index (χ2n) is 7.06. The Labute approximate surface area is 186 Å². The number of thiazole rings is 1. The Morgan fingerprint density at radius 3 is 2.90 bits per heavy atom. The van der Waals surface area contributed by atoms with Crippen molar-refractivity contribution in [2.45, 2.75) is 32.0 Å². The Morgan fingerprint density at radius 1 is 1.35 bits per heavy atom. The fourth-order valence-corrected chi connectivity index (χ4v) is 4.15. The summed E-state index contributed by atoms with van der Waals surface area (Å²) in [4.78, 5) is 26.6. The topological polar surface area (TPSA) is 100 Å². The number of nitrogens with zero attached hydrogens (tertiary/aromatic N) is 4. The van der Waals surface area contributed by atoms with Crippen molar-refractivity contribution in [1.82, 2.24) is 15.0 Å². The Hall–Kier alpha value is -2.82. The van der Waals surface area contributed by atoms with Gasteiger partial charge in [-0.15, -0.1) is 11.3 Å². The molecule has 2 aromatic heterocycles. The minimum absolute atomic E-state index is 0.0411. The maximum Gasteiger partial charge on any atom is 0.416 e. The zero-order chi connectivity index (χ0) is 22.1. The van der Waals surface area contributed by atoms with Gasteiger partial charge >= 0.3 is 6.09 Å². The first-order chi connectivity index (χ1) is 14.8. The number of halogens is 2. The first-order valence-corrected chi connectivity index (χ1v) is 10.7. The number of nitrogens with one attached hydrogen (secondary N) is 1. The molecule has 1 fully saturated rings. The van der Waals surface area contributed by atoms with Gasteiger partial charge in [-0.25, -0.2) is 19.2 Å². The molecule has 0 aliphatic carbocycles. The summed E-state index contributed by atoms with van der Waals surface area (Å²) in [5.41, 5.74) is 1.40. The molecule has 4 rings (SSSR count). The van der Waals surface area contributed by atoms with Gasteiger partial charge in [0.05, 0.1) is 22.9 Å². The summed E-state index contributed by atoms with van der Waals surface area (Å²) >= 11 is 7.30. The van der Waals surface area contributed by atoms with Crippen LogP contribution in [0.25, 0.3) is 11.3 Å². The monoisotopic (exact) mass is 463 g/mol. The molecular formula is C20H19ClFN5O3S. The molecule has 1 saturated heterocycles. The number of benzene rings is 1. The highest BCUT2D eigenvalue weighted by molar-refractivity contribution is 7.10. The number of carbonyl (C=O) groups is 1. The third-order valence-corrected chi connectivity index (χ3v) is 6.12. The van der Waals surface area contributed by atoms with Crippen molar-refractivity contribution in [2.24, 2.45) is 0 Å². The lowest BCUT2D eigenvalue weighted by Gasteiger charge is -2.22. The van der Waals surface area contributed by atoms with Crippen LogP contribution in [0.5, 0.6) is 0 Å². The van der Waals surface area contributed by atoms with Gasteiger partial charge in [0, 0.05) is 17.1 Å². The minimum Gasteiger partial charge on any atom is -0.447 e. The number of hydrogen-bond acceptors (Lipinski definition) is 8. The van der Waals surface area contributed by atoms with Crippen molar-refractivity contribution in [1.29, 1.82) is 0 Å². The van der Waals surface area contributed by atoms with E-state index < -0.39 is 24.1 Å². The summed E-state index contributed by atoms with van der Waals surface area (Å²) < 4.78 is 18.5. The zero-order valence-electron chi connectivity index (χ0n) is 16.6. The molecule has 1 aromatic carbocycles. The Morgan fingerprint density at radius 2 is 2.16 bits per heavy atom. The molecule has 0 saturated carbocycles. The lowest BCUT2D eigenvalue weighted by molar-refractivity contribution is 0.142. The van der Waals surface area contributed by atoms with Crippen LogP contribution in [0, 0.1) is 5.82 Å². The number of hydrogen-bond donors (Lipinski definition) is 2. The second kappa shape index (κ2) is 8.74. The summed E-state index contributed by atoms with van der Waals surface area (Å²) in [6.07, 6.45) is 0.187. The summed E-state index contributed by atoms with van der Waals surface area (Å²) in [5.74, 6) is 0.155. The van der Waals surface area contributed by atoms with Gasteiger partial charge < -0.3 is 15.2 Å². The molecule has 8 nitrogen and oxygen atoms in total. The van der Waals surface area contributed by atoms with E-state index in [1.165, 1.54) is 34.6 Å². The molecule has 0 radical (unpaired) electrons. The average molecular weight is 464 g/mol. The van der Waals surface area contributed by atoms with Gasteiger partial charge in [0.25, 0.3) is 0 Å². The van der Waals surface area contributed by atoms with Gasteiger partial charge in [-0.1, -0.05) is 11.6 Å². The van der Waals surface area contributed by atoms with Crippen molar-refractivity contribution in [2.75, 3.05) is 16.8 Å². The molecule has 2 N–H and O–H groups in total. The maximum absolute atomic E-state index is 13.4. The van der Waals surface area contributed by atoms with Crippen molar-refractivity contribution >= 4 is 40.8 Å². The number of aliphatic hydroxyl groups excluding tert-OH is 1. The number of rotatable bonds is 6. The van der Waals surface area contributed by atoms with E-state index >= 15 is 0 Å². The number of amides is 1. The molecule has 162 valence electrons. The van der Waals surface area contributed by atoms with Gasteiger partial charge in [-0.3, -0.25) is 4.90 Å². The highest BCUT2D eigenvalue weighted by Gasteiger charge is 2.38. The number of anilines is 2. The van der Waals surface area contributed by atoms with E-state index in [1.54, 1.807) is 19.1 Å². The molecule has 31 heavy (non-hydrogen) atoms. The molecule has 1 aliphatic rings. The molecule has 11 heteroatoms. The van der Waals surface area contributed by atoms with Crippen LogP contribution in [0.4, 0.5) is 21.0 Å². The summed E-state index contributed by atoms with van der Waals surface area (Å²) in [6.45, 7) is 3.59. The average Bonchev–Trinajstić information content (AvgIpc) is 3.37. The summed E-state index contributed by atoms with van der Waals surface area (Å²) in [7, 11) is 0. The van der Waals surface area contributed by atoms with E-state index in [1.807, 2.05) is 12.3 Å². The van der Waals surface area contributed by atoms with Crippen molar-refractivity contribution in [3.8, 4) is 11.3 Å². The highest BCUT2D eigenvalue weighted by atomic mass is 35.5. The standard InChI is InChI=1S/C20H19ClFN5O3S/c1-10(18-25-15(9-31-18)12-3-4-14(22)13(21)7-12)24-19-23-6-5-17(26-19)27-16(11(2)28)8-30-20(27)29/h3-7,9-11,16,28H,8H2,1-2H3,(H,23,24,26)/t10-,11+,16+/m0/s1. The van der Waals surface area contributed by atoms with Crippen LogP contribution in [-0.2, 0) is 4.74 Å². The minimum atomic E-state index is -0.773. The fourth-order valence-electron chi connectivity index (χ4n) is 3.14. The van der Waals surface area contributed by atoms with Gasteiger partial charge in [0.15, 0.2) is 0 Å².